The zero-order valence-electron chi connectivity index (χ0n) is 12.2. The molecule has 21 heavy (non-hydrogen) atoms. The van der Waals surface area contributed by atoms with Crippen molar-refractivity contribution < 1.29 is 13.9 Å². The Balaban J connectivity index is 2.96. The highest BCUT2D eigenvalue weighted by atomic mass is 32.2. The Morgan fingerprint density at radius 3 is 2.67 bits per heavy atom. The van der Waals surface area contributed by atoms with Crippen LogP contribution in [0.15, 0.2) is 18.2 Å². The standard InChI is InChI=1S/C13H19N3O4S/c1-4-14-12-6-5-10(16(18)19)7-11(12)13(17)15-8-9(2)21(3)20/h5-7,9,14H,4,8H2,1-3H3,(H,15,17). The summed E-state index contributed by atoms with van der Waals surface area (Å²) in [5, 5.41) is 16.3. The number of carbonyl (C=O) groups is 1. The van der Waals surface area contributed by atoms with Crippen molar-refractivity contribution in [3.8, 4) is 0 Å². The maximum atomic E-state index is 12.2. The smallest absolute Gasteiger partial charge is 0.270 e. The minimum Gasteiger partial charge on any atom is -0.385 e. The summed E-state index contributed by atoms with van der Waals surface area (Å²) in [6.07, 6.45) is 1.56. The number of hydrogen-bond acceptors (Lipinski definition) is 5. The van der Waals surface area contributed by atoms with Crippen LogP contribution in [-0.2, 0) is 10.8 Å². The van der Waals surface area contributed by atoms with Gasteiger partial charge in [-0.05, 0) is 19.9 Å². The molecular formula is C13H19N3O4S. The average molecular weight is 313 g/mol. The summed E-state index contributed by atoms with van der Waals surface area (Å²) in [6, 6.07) is 4.09. The second-order valence-electron chi connectivity index (χ2n) is 4.54. The highest BCUT2D eigenvalue weighted by Crippen LogP contribution is 2.22. The van der Waals surface area contributed by atoms with Gasteiger partial charge in [0.25, 0.3) is 11.6 Å². The van der Waals surface area contributed by atoms with Crippen molar-refractivity contribution in [2.45, 2.75) is 19.1 Å². The summed E-state index contributed by atoms with van der Waals surface area (Å²) in [5.41, 5.74) is 0.597. The molecule has 116 valence electrons. The third-order valence-electron chi connectivity index (χ3n) is 2.94. The molecule has 1 aromatic carbocycles. The third-order valence-corrected chi connectivity index (χ3v) is 4.24. The minimum atomic E-state index is -1.04. The molecule has 2 N–H and O–H groups in total. The molecule has 1 amide bonds. The van der Waals surface area contributed by atoms with Gasteiger partial charge in [-0.15, -0.1) is 0 Å². The summed E-state index contributed by atoms with van der Waals surface area (Å²) in [6.45, 7) is 4.46. The van der Waals surface area contributed by atoms with Crippen molar-refractivity contribution in [2.24, 2.45) is 0 Å². The lowest BCUT2D eigenvalue weighted by Crippen LogP contribution is -2.33. The van der Waals surface area contributed by atoms with Gasteiger partial charge in [-0.3, -0.25) is 19.1 Å². The lowest BCUT2D eigenvalue weighted by atomic mass is 10.1. The minimum absolute atomic E-state index is 0.145. The van der Waals surface area contributed by atoms with Crippen molar-refractivity contribution in [3.05, 3.63) is 33.9 Å². The fourth-order valence-electron chi connectivity index (χ4n) is 1.63. The SMILES string of the molecule is CCNc1ccc([N+](=O)[O-])cc1C(=O)NCC(C)S(C)=O. The van der Waals surface area contributed by atoms with Crippen LogP contribution >= 0.6 is 0 Å². The largest absolute Gasteiger partial charge is 0.385 e. The Morgan fingerprint density at radius 1 is 1.48 bits per heavy atom. The number of carbonyl (C=O) groups excluding carboxylic acids is 1. The molecule has 0 saturated carbocycles. The van der Waals surface area contributed by atoms with Crippen LogP contribution in [0.3, 0.4) is 0 Å². The zero-order valence-corrected chi connectivity index (χ0v) is 13.0. The van der Waals surface area contributed by atoms with E-state index in [9.17, 15) is 19.1 Å². The summed E-state index contributed by atoms with van der Waals surface area (Å²) in [7, 11) is -1.04. The lowest BCUT2D eigenvalue weighted by molar-refractivity contribution is -0.384. The Morgan fingerprint density at radius 2 is 2.14 bits per heavy atom. The van der Waals surface area contributed by atoms with E-state index in [2.05, 4.69) is 10.6 Å². The number of nitro benzene ring substituents is 1. The maximum absolute atomic E-state index is 12.2. The maximum Gasteiger partial charge on any atom is 0.270 e. The third kappa shape index (κ3) is 4.82. The van der Waals surface area contributed by atoms with Gasteiger partial charge in [-0.25, -0.2) is 0 Å². The molecule has 2 atom stereocenters. The molecule has 0 saturated heterocycles. The molecular weight excluding hydrogens is 294 g/mol. The van der Waals surface area contributed by atoms with Gasteiger partial charge in [-0.2, -0.15) is 0 Å². The van der Waals surface area contributed by atoms with Gasteiger partial charge in [0.15, 0.2) is 0 Å². The summed E-state index contributed by atoms with van der Waals surface area (Å²) >= 11 is 0. The number of hydrogen-bond donors (Lipinski definition) is 2. The predicted molar refractivity (Wildman–Crippen MR) is 83.1 cm³/mol. The molecule has 0 radical (unpaired) electrons. The first-order valence-electron chi connectivity index (χ1n) is 6.49. The van der Waals surface area contributed by atoms with E-state index < -0.39 is 21.6 Å². The van der Waals surface area contributed by atoms with Gasteiger partial charge in [0.2, 0.25) is 0 Å². The van der Waals surface area contributed by atoms with Crippen molar-refractivity contribution in [2.75, 3.05) is 24.7 Å². The van der Waals surface area contributed by atoms with Crippen LogP contribution in [0.1, 0.15) is 24.2 Å². The number of anilines is 1. The van der Waals surface area contributed by atoms with Gasteiger partial charge < -0.3 is 10.6 Å². The predicted octanol–water partition coefficient (Wildman–Crippen LogP) is 1.52. The Bertz CT molecular complexity index is 562. The van der Waals surface area contributed by atoms with E-state index in [4.69, 9.17) is 0 Å². The molecule has 7 nitrogen and oxygen atoms in total. The second kappa shape index (κ2) is 7.72. The summed E-state index contributed by atoms with van der Waals surface area (Å²) < 4.78 is 11.3. The lowest BCUT2D eigenvalue weighted by Gasteiger charge is -2.13. The second-order valence-corrected chi connectivity index (χ2v) is 6.34. The van der Waals surface area contributed by atoms with E-state index in [-0.39, 0.29) is 23.0 Å². The molecule has 0 aliphatic rings. The Kier molecular flexibility index (Phi) is 6.29. The van der Waals surface area contributed by atoms with E-state index >= 15 is 0 Å². The molecule has 8 heteroatoms. The molecule has 0 aromatic heterocycles. The molecule has 0 aliphatic heterocycles. The quantitative estimate of drug-likeness (QED) is 0.587. The van der Waals surface area contributed by atoms with E-state index in [0.717, 1.165) is 0 Å². The van der Waals surface area contributed by atoms with Crippen LogP contribution in [0.2, 0.25) is 0 Å². The van der Waals surface area contributed by atoms with Crippen LogP contribution in [0.5, 0.6) is 0 Å². The first kappa shape index (κ1) is 17.1. The molecule has 0 fully saturated rings. The van der Waals surface area contributed by atoms with Crippen molar-refractivity contribution in [1.29, 1.82) is 0 Å². The van der Waals surface area contributed by atoms with Crippen molar-refractivity contribution in [3.63, 3.8) is 0 Å². The molecule has 0 bridgehead atoms. The Hall–Kier alpha value is -1.96. The first-order valence-corrected chi connectivity index (χ1v) is 8.11. The first-order chi connectivity index (χ1) is 9.86. The molecule has 1 rings (SSSR count). The van der Waals surface area contributed by atoms with E-state index in [1.54, 1.807) is 13.2 Å². The van der Waals surface area contributed by atoms with Crippen LogP contribution in [0, 0.1) is 10.1 Å². The molecule has 1 aromatic rings. The number of rotatable bonds is 7. The molecule has 0 heterocycles. The summed E-state index contributed by atoms with van der Waals surface area (Å²) in [5.74, 6) is -0.424. The number of nitrogens with zero attached hydrogens (tertiary/aromatic N) is 1. The number of nitrogens with one attached hydrogen (secondary N) is 2. The fraction of sp³-hybridized carbons (Fsp3) is 0.462. The Labute approximate surface area is 125 Å². The fourth-order valence-corrected chi connectivity index (χ4v) is 1.95. The van der Waals surface area contributed by atoms with E-state index in [0.29, 0.717) is 12.2 Å². The van der Waals surface area contributed by atoms with Crippen LogP contribution in [0.25, 0.3) is 0 Å². The van der Waals surface area contributed by atoms with Gasteiger partial charge in [0, 0.05) is 53.2 Å². The number of non-ortho nitro benzene ring substituents is 1. The monoisotopic (exact) mass is 313 g/mol. The summed E-state index contributed by atoms with van der Waals surface area (Å²) in [4.78, 5) is 22.4. The van der Waals surface area contributed by atoms with E-state index in [1.165, 1.54) is 18.2 Å². The van der Waals surface area contributed by atoms with Gasteiger partial charge in [0.1, 0.15) is 0 Å². The van der Waals surface area contributed by atoms with Crippen molar-refractivity contribution >= 4 is 28.1 Å². The highest BCUT2D eigenvalue weighted by Gasteiger charge is 2.17. The van der Waals surface area contributed by atoms with Crippen molar-refractivity contribution in [1.82, 2.24) is 5.32 Å². The van der Waals surface area contributed by atoms with Gasteiger partial charge >= 0.3 is 0 Å². The van der Waals surface area contributed by atoms with Crippen LogP contribution in [-0.4, -0.2) is 39.6 Å². The van der Waals surface area contributed by atoms with Crippen LogP contribution < -0.4 is 10.6 Å². The molecule has 2 unspecified atom stereocenters. The average Bonchev–Trinajstić information content (AvgIpc) is 2.44. The molecule has 0 aliphatic carbocycles. The molecule has 0 spiro atoms. The number of benzene rings is 1. The zero-order chi connectivity index (χ0) is 16.0. The topological polar surface area (TPSA) is 101 Å². The van der Waals surface area contributed by atoms with Gasteiger partial charge in [-0.1, -0.05) is 0 Å². The number of nitro groups is 1. The number of amides is 1. The van der Waals surface area contributed by atoms with Gasteiger partial charge in [0.05, 0.1) is 10.5 Å². The normalized spacial score (nSPS) is 13.3. The van der Waals surface area contributed by atoms with Crippen LogP contribution in [0.4, 0.5) is 11.4 Å². The van der Waals surface area contributed by atoms with E-state index in [1.807, 2.05) is 6.92 Å². The highest BCUT2D eigenvalue weighted by molar-refractivity contribution is 7.84.